The molecule has 0 heterocycles. The third kappa shape index (κ3) is 5.44. The van der Waals surface area contributed by atoms with Gasteiger partial charge in [0.15, 0.2) is 0 Å². The van der Waals surface area contributed by atoms with Gasteiger partial charge in [-0.3, -0.25) is 14.4 Å². The Balaban J connectivity index is 1.84. The minimum atomic E-state index is -0.233. The van der Waals surface area contributed by atoms with Crippen molar-refractivity contribution < 1.29 is 14.4 Å². The lowest BCUT2D eigenvalue weighted by Gasteiger charge is -2.09. The van der Waals surface area contributed by atoms with Gasteiger partial charge in [0.05, 0.1) is 0 Å². The van der Waals surface area contributed by atoms with E-state index in [0.717, 1.165) is 5.56 Å². The fourth-order valence-corrected chi connectivity index (χ4v) is 2.44. The number of rotatable bonds is 7. The highest BCUT2D eigenvalue weighted by Gasteiger charge is 2.10. The van der Waals surface area contributed by atoms with E-state index in [0.29, 0.717) is 23.4 Å². The third-order valence-corrected chi connectivity index (χ3v) is 3.77. The van der Waals surface area contributed by atoms with Gasteiger partial charge in [0, 0.05) is 36.3 Å². The zero-order valence-electron chi connectivity index (χ0n) is 15.0. The minimum Gasteiger partial charge on any atom is -0.352 e. The topological polar surface area (TPSA) is 87.3 Å². The molecule has 0 unspecified atom stereocenters. The largest absolute Gasteiger partial charge is 0.352 e. The van der Waals surface area contributed by atoms with Crippen LogP contribution in [-0.4, -0.2) is 30.8 Å². The highest BCUT2D eigenvalue weighted by atomic mass is 16.2. The second-order valence-electron chi connectivity index (χ2n) is 5.81. The van der Waals surface area contributed by atoms with Gasteiger partial charge in [-0.25, -0.2) is 0 Å². The Morgan fingerprint density at radius 1 is 0.923 bits per heavy atom. The fraction of sp³-hybridized carbons (Fsp3) is 0.250. The molecule has 0 saturated carbocycles. The third-order valence-electron chi connectivity index (χ3n) is 3.77. The summed E-state index contributed by atoms with van der Waals surface area (Å²) >= 11 is 0. The van der Waals surface area contributed by atoms with Gasteiger partial charge >= 0.3 is 0 Å². The molecule has 0 saturated heterocycles. The smallest absolute Gasteiger partial charge is 0.251 e. The monoisotopic (exact) mass is 353 g/mol. The molecule has 3 amide bonds. The van der Waals surface area contributed by atoms with Crippen LogP contribution in [0.3, 0.4) is 0 Å². The molecular formula is C20H23N3O3. The maximum Gasteiger partial charge on any atom is 0.251 e. The van der Waals surface area contributed by atoms with Gasteiger partial charge in [-0.2, -0.15) is 0 Å². The Morgan fingerprint density at radius 3 is 2.42 bits per heavy atom. The van der Waals surface area contributed by atoms with Crippen molar-refractivity contribution in [3.63, 3.8) is 0 Å². The summed E-state index contributed by atoms with van der Waals surface area (Å²) in [5.41, 5.74) is 2.51. The first-order valence-corrected chi connectivity index (χ1v) is 8.53. The number of nitrogens with one attached hydrogen (secondary N) is 3. The van der Waals surface area contributed by atoms with Crippen molar-refractivity contribution in [3.8, 4) is 0 Å². The summed E-state index contributed by atoms with van der Waals surface area (Å²) in [6.07, 6.45) is 0.142. The van der Waals surface area contributed by atoms with E-state index >= 15 is 0 Å². The van der Waals surface area contributed by atoms with E-state index in [1.165, 1.54) is 0 Å². The number of anilines is 1. The standard InChI is InChI=1S/C20H23N3O3/c1-3-21-19(25)15-8-6-9-16(13-15)23-18(24)11-12-22-20(26)17-10-5-4-7-14(17)2/h4-10,13H,3,11-12H2,1-2H3,(H,21,25)(H,22,26)(H,23,24). The number of benzene rings is 2. The van der Waals surface area contributed by atoms with E-state index in [1.807, 2.05) is 26.0 Å². The quantitative estimate of drug-likeness (QED) is 0.715. The number of carbonyl (C=O) groups excluding carboxylic acids is 3. The first-order valence-electron chi connectivity index (χ1n) is 8.53. The molecule has 0 atom stereocenters. The van der Waals surface area contributed by atoms with Crippen molar-refractivity contribution in [3.05, 3.63) is 65.2 Å². The lowest BCUT2D eigenvalue weighted by Crippen LogP contribution is -2.28. The number of carbonyl (C=O) groups is 3. The Kier molecular flexibility index (Phi) is 6.91. The lowest BCUT2D eigenvalue weighted by atomic mass is 10.1. The predicted octanol–water partition coefficient (Wildman–Crippen LogP) is 2.50. The van der Waals surface area contributed by atoms with Gasteiger partial charge in [-0.05, 0) is 43.7 Å². The SMILES string of the molecule is CCNC(=O)c1cccc(NC(=O)CCNC(=O)c2ccccc2C)c1. The van der Waals surface area contributed by atoms with E-state index < -0.39 is 0 Å². The molecule has 0 aliphatic carbocycles. The molecule has 6 nitrogen and oxygen atoms in total. The molecule has 136 valence electrons. The average Bonchev–Trinajstić information content (AvgIpc) is 2.62. The Hall–Kier alpha value is -3.15. The molecule has 26 heavy (non-hydrogen) atoms. The second-order valence-corrected chi connectivity index (χ2v) is 5.81. The number of aryl methyl sites for hydroxylation is 1. The molecule has 0 radical (unpaired) electrons. The first-order chi connectivity index (χ1) is 12.5. The lowest BCUT2D eigenvalue weighted by molar-refractivity contribution is -0.116. The molecule has 2 aromatic carbocycles. The van der Waals surface area contributed by atoms with Crippen LogP contribution in [-0.2, 0) is 4.79 Å². The summed E-state index contributed by atoms with van der Waals surface area (Å²) in [6.45, 7) is 4.48. The van der Waals surface area contributed by atoms with Crippen molar-refractivity contribution in [2.45, 2.75) is 20.3 Å². The van der Waals surface area contributed by atoms with Gasteiger partial charge in [-0.15, -0.1) is 0 Å². The zero-order valence-corrected chi connectivity index (χ0v) is 15.0. The summed E-state index contributed by atoms with van der Waals surface area (Å²) in [6, 6.07) is 14.0. The maximum atomic E-state index is 12.1. The van der Waals surface area contributed by atoms with Crippen LogP contribution in [0.2, 0.25) is 0 Å². The average molecular weight is 353 g/mol. The molecule has 0 bridgehead atoms. The predicted molar refractivity (Wildman–Crippen MR) is 101 cm³/mol. The van der Waals surface area contributed by atoms with Crippen LogP contribution in [0.15, 0.2) is 48.5 Å². The molecule has 6 heteroatoms. The molecule has 0 aliphatic heterocycles. The normalized spacial score (nSPS) is 10.1. The Bertz CT molecular complexity index is 802. The highest BCUT2D eigenvalue weighted by molar-refractivity contribution is 5.98. The van der Waals surface area contributed by atoms with Crippen LogP contribution < -0.4 is 16.0 Å². The molecule has 3 N–H and O–H groups in total. The first kappa shape index (κ1) is 19.2. The summed E-state index contributed by atoms with van der Waals surface area (Å²) in [4.78, 5) is 36.0. The number of hydrogen-bond acceptors (Lipinski definition) is 3. The van der Waals surface area contributed by atoms with Crippen molar-refractivity contribution in [1.29, 1.82) is 0 Å². The van der Waals surface area contributed by atoms with Crippen LogP contribution in [0.25, 0.3) is 0 Å². The van der Waals surface area contributed by atoms with Gasteiger partial charge in [0.25, 0.3) is 11.8 Å². The van der Waals surface area contributed by atoms with Crippen molar-refractivity contribution >= 4 is 23.4 Å². The summed E-state index contributed by atoms with van der Waals surface area (Å²) in [5.74, 6) is -0.619. The van der Waals surface area contributed by atoms with E-state index in [1.54, 1.807) is 36.4 Å². The van der Waals surface area contributed by atoms with E-state index in [2.05, 4.69) is 16.0 Å². The summed E-state index contributed by atoms with van der Waals surface area (Å²) < 4.78 is 0. The van der Waals surface area contributed by atoms with Crippen LogP contribution in [0.1, 0.15) is 39.6 Å². The minimum absolute atomic E-state index is 0.142. The Labute approximate surface area is 153 Å². The van der Waals surface area contributed by atoms with Gasteiger partial charge in [-0.1, -0.05) is 24.3 Å². The van der Waals surface area contributed by atoms with E-state index in [9.17, 15) is 14.4 Å². The molecule has 2 aromatic rings. The molecule has 2 rings (SSSR count). The van der Waals surface area contributed by atoms with Gasteiger partial charge in [0.1, 0.15) is 0 Å². The molecule has 0 aliphatic rings. The molecule has 0 spiro atoms. The fourth-order valence-electron chi connectivity index (χ4n) is 2.44. The van der Waals surface area contributed by atoms with Gasteiger partial charge < -0.3 is 16.0 Å². The number of amides is 3. The molecule has 0 fully saturated rings. The highest BCUT2D eigenvalue weighted by Crippen LogP contribution is 2.11. The van der Waals surface area contributed by atoms with E-state index in [4.69, 9.17) is 0 Å². The Morgan fingerprint density at radius 2 is 1.69 bits per heavy atom. The summed E-state index contributed by atoms with van der Waals surface area (Å²) in [7, 11) is 0. The molecule has 0 aromatic heterocycles. The van der Waals surface area contributed by atoms with E-state index in [-0.39, 0.29) is 30.7 Å². The zero-order chi connectivity index (χ0) is 18.9. The maximum absolute atomic E-state index is 12.1. The van der Waals surface area contributed by atoms with Gasteiger partial charge in [0.2, 0.25) is 5.91 Å². The van der Waals surface area contributed by atoms with Crippen LogP contribution in [0.4, 0.5) is 5.69 Å². The van der Waals surface area contributed by atoms with Crippen molar-refractivity contribution in [2.24, 2.45) is 0 Å². The summed E-state index contributed by atoms with van der Waals surface area (Å²) in [5, 5.41) is 8.18. The van der Waals surface area contributed by atoms with Crippen molar-refractivity contribution in [1.82, 2.24) is 10.6 Å². The van der Waals surface area contributed by atoms with Crippen LogP contribution in [0.5, 0.6) is 0 Å². The molecular weight excluding hydrogens is 330 g/mol. The second kappa shape index (κ2) is 9.36. The van der Waals surface area contributed by atoms with Crippen LogP contribution >= 0.6 is 0 Å². The number of hydrogen-bond donors (Lipinski definition) is 3. The van der Waals surface area contributed by atoms with Crippen molar-refractivity contribution in [2.75, 3.05) is 18.4 Å². The van der Waals surface area contributed by atoms with Crippen LogP contribution in [0, 0.1) is 6.92 Å².